The van der Waals surface area contributed by atoms with E-state index >= 15 is 0 Å². The second kappa shape index (κ2) is 4.91. The number of thioether (sulfide) groups is 1. The van der Waals surface area contributed by atoms with E-state index in [1.54, 1.807) is 23.9 Å². The third kappa shape index (κ3) is 2.42. The number of amides is 1. The van der Waals surface area contributed by atoms with Gasteiger partial charge in [0, 0.05) is 22.7 Å². The number of carbonyl (C=O) groups is 1. The Kier molecular flexibility index (Phi) is 3.83. The quantitative estimate of drug-likeness (QED) is 0.590. The SMILES string of the molecule is CCNC(=O)c1ccc(N)c(SC)c1. The molecule has 0 aliphatic heterocycles. The molecule has 14 heavy (non-hydrogen) atoms. The maximum absolute atomic E-state index is 11.5. The normalized spacial score (nSPS) is 9.86. The Balaban J connectivity index is 2.94. The van der Waals surface area contributed by atoms with Crippen LogP contribution in [-0.4, -0.2) is 18.7 Å². The number of anilines is 1. The standard InChI is InChI=1S/C10H14N2OS/c1-3-12-10(13)7-4-5-8(11)9(6-7)14-2/h4-6H,3,11H2,1-2H3,(H,12,13). The summed E-state index contributed by atoms with van der Waals surface area (Å²) in [4.78, 5) is 12.4. The van der Waals surface area contributed by atoms with Crippen molar-refractivity contribution in [3.05, 3.63) is 23.8 Å². The van der Waals surface area contributed by atoms with Gasteiger partial charge in [-0.05, 0) is 31.4 Å². The molecule has 0 bridgehead atoms. The number of nitrogens with one attached hydrogen (secondary N) is 1. The highest BCUT2D eigenvalue weighted by molar-refractivity contribution is 7.98. The highest BCUT2D eigenvalue weighted by Crippen LogP contribution is 2.23. The van der Waals surface area contributed by atoms with Gasteiger partial charge in [-0.15, -0.1) is 11.8 Å². The van der Waals surface area contributed by atoms with Crippen molar-refractivity contribution < 1.29 is 4.79 Å². The number of benzene rings is 1. The van der Waals surface area contributed by atoms with E-state index in [9.17, 15) is 4.79 Å². The second-order valence-electron chi connectivity index (χ2n) is 2.82. The van der Waals surface area contributed by atoms with Gasteiger partial charge in [-0.25, -0.2) is 0 Å². The molecule has 1 rings (SSSR count). The minimum Gasteiger partial charge on any atom is -0.398 e. The van der Waals surface area contributed by atoms with Crippen molar-refractivity contribution in [1.82, 2.24) is 5.32 Å². The summed E-state index contributed by atoms with van der Waals surface area (Å²) in [5.41, 5.74) is 7.09. The molecule has 0 radical (unpaired) electrons. The van der Waals surface area contributed by atoms with E-state index in [-0.39, 0.29) is 5.91 Å². The molecule has 3 nitrogen and oxygen atoms in total. The van der Waals surface area contributed by atoms with Gasteiger partial charge >= 0.3 is 0 Å². The van der Waals surface area contributed by atoms with Gasteiger partial charge in [0.1, 0.15) is 0 Å². The fraction of sp³-hybridized carbons (Fsp3) is 0.300. The molecule has 3 N–H and O–H groups in total. The average Bonchev–Trinajstić information content (AvgIpc) is 2.19. The maximum Gasteiger partial charge on any atom is 0.251 e. The zero-order valence-corrected chi connectivity index (χ0v) is 9.15. The van der Waals surface area contributed by atoms with Gasteiger partial charge in [0.2, 0.25) is 0 Å². The zero-order chi connectivity index (χ0) is 10.6. The van der Waals surface area contributed by atoms with Crippen molar-refractivity contribution in [2.75, 3.05) is 18.5 Å². The van der Waals surface area contributed by atoms with E-state index in [1.807, 2.05) is 19.2 Å². The lowest BCUT2D eigenvalue weighted by molar-refractivity contribution is 0.0955. The van der Waals surface area contributed by atoms with Crippen LogP contribution in [0.4, 0.5) is 5.69 Å². The van der Waals surface area contributed by atoms with E-state index < -0.39 is 0 Å². The van der Waals surface area contributed by atoms with Gasteiger partial charge in [0.15, 0.2) is 0 Å². The summed E-state index contributed by atoms with van der Waals surface area (Å²) in [6.07, 6.45) is 1.94. The highest BCUT2D eigenvalue weighted by atomic mass is 32.2. The molecule has 0 spiro atoms. The summed E-state index contributed by atoms with van der Waals surface area (Å²) in [6, 6.07) is 5.31. The van der Waals surface area contributed by atoms with Crippen molar-refractivity contribution in [3.63, 3.8) is 0 Å². The molecule has 1 aromatic carbocycles. The van der Waals surface area contributed by atoms with Crippen LogP contribution in [-0.2, 0) is 0 Å². The molecule has 0 aliphatic carbocycles. The first kappa shape index (κ1) is 10.9. The summed E-state index contributed by atoms with van der Waals surface area (Å²) in [6.45, 7) is 2.53. The first-order chi connectivity index (χ1) is 6.69. The average molecular weight is 210 g/mol. The molecule has 0 aromatic heterocycles. The summed E-state index contributed by atoms with van der Waals surface area (Å²) >= 11 is 1.54. The van der Waals surface area contributed by atoms with E-state index in [0.29, 0.717) is 17.8 Å². The van der Waals surface area contributed by atoms with Crippen LogP contribution in [0.1, 0.15) is 17.3 Å². The fourth-order valence-corrected chi connectivity index (χ4v) is 1.66. The van der Waals surface area contributed by atoms with Gasteiger partial charge in [0.25, 0.3) is 5.91 Å². The minimum absolute atomic E-state index is 0.0530. The van der Waals surface area contributed by atoms with Crippen LogP contribution in [0.25, 0.3) is 0 Å². The van der Waals surface area contributed by atoms with Gasteiger partial charge < -0.3 is 11.1 Å². The summed E-state index contributed by atoms with van der Waals surface area (Å²) in [5, 5.41) is 2.74. The number of nitrogens with two attached hydrogens (primary N) is 1. The third-order valence-corrected chi connectivity index (χ3v) is 2.63. The summed E-state index contributed by atoms with van der Waals surface area (Å²) in [7, 11) is 0. The molecule has 0 unspecified atom stereocenters. The van der Waals surface area contributed by atoms with Gasteiger partial charge in [-0.2, -0.15) is 0 Å². The van der Waals surface area contributed by atoms with Crippen LogP contribution in [0.2, 0.25) is 0 Å². The van der Waals surface area contributed by atoms with Crippen LogP contribution in [0.5, 0.6) is 0 Å². The van der Waals surface area contributed by atoms with Crippen LogP contribution in [0.15, 0.2) is 23.1 Å². The Hall–Kier alpha value is -1.16. The molecule has 0 heterocycles. The molecule has 0 saturated heterocycles. The van der Waals surface area contributed by atoms with Crippen LogP contribution >= 0.6 is 11.8 Å². The van der Waals surface area contributed by atoms with Crippen molar-refractivity contribution in [2.45, 2.75) is 11.8 Å². The molecule has 4 heteroatoms. The molecule has 1 aromatic rings. The van der Waals surface area contributed by atoms with Crippen LogP contribution < -0.4 is 11.1 Å². The predicted octanol–water partition coefficient (Wildman–Crippen LogP) is 1.74. The molecule has 0 fully saturated rings. The minimum atomic E-state index is -0.0530. The monoisotopic (exact) mass is 210 g/mol. The number of hydrogen-bond donors (Lipinski definition) is 2. The van der Waals surface area contributed by atoms with Crippen molar-refractivity contribution in [1.29, 1.82) is 0 Å². The lowest BCUT2D eigenvalue weighted by Gasteiger charge is -2.06. The van der Waals surface area contributed by atoms with E-state index in [2.05, 4.69) is 5.32 Å². The first-order valence-corrected chi connectivity index (χ1v) is 5.63. The predicted molar refractivity (Wildman–Crippen MR) is 60.6 cm³/mol. The van der Waals surface area contributed by atoms with Crippen LogP contribution in [0.3, 0.4) is 0 Å². The van der Waals surface area contributed by atoms with Gasteiger partial charge in [-0.3, -0.25) is 4.79 Å². The molecule has 1 amide bonds. The highest BCUT2D eigenvalue weighted by Gasteiger charge is 2.06. The van der Waals surface area contributed by atoms with Crippen LogP contribution in [0, 0.1) is 0 Å². The Labute approximate surface area is 88.1 Å². The Morgan fingerprint density at radius 3 is 2.86 bits per heavy atom. The zero-order valence-electron chi connectivity index (χ0n) is 8.33. The molecule has 0 atom stereocenters. The lowest BCUT2D eigenvalue weighted by atomic mass is 10.2. The first-order valence-electron chi connectivity index (χ1n) is 4.40. The third-order valence-electron chi connectivity index (χ3n) is 1.83. The van der Waals surface area contributed by atoms with Crippen molar-refractivity contribution >= 4 is 23.4 Å². The number of rotatable bonds is 3. The van der Waals surface area contributed by atoms with E-state index in [0.717, 1.165) is 4.90 Å². The summed E-state index contributed by atoms with van der Waals surface area (Å²) < 4.78 is 0. The Bertz CT molecular complexity index is 339. The molecule has 0 aliphatic rings. The Morgan fingerprint density at radius 2 is 2.29 bits per heavy atom. The largest absolute Gasteiger partial charge is 0.398 e. The molecule has 0 saturated carbocycles. The second-order valence-corrected chi connectivity index (χ2v) is 3.66. The van der Waals surface area contributed by atoms with Gasteiger partial charge in [-0.1, -0.05) is 0 Å². The van der Waals surface area contributed by atoms with E-state index in [1.165, 1.54) is 0 Å². The topological polar surface area (TPSA) is 55.1 Å². The van der Waals surface area contributed by atoms with E-state index in [4.69, 9.17) is 5.73 Å². The smallest absolute Gasteiger partial charge is 0.251 e. The fourth-order valence-electron chi connectivity index (χ4n) is 1.12. The van der Waals surface area contributed by atoms with Gasteiger partial charge in [0.05, 0.1) is 0 Å². The molecular weight excluding hydrogens is 196 g/mol. The van der Waals surface area contributed by atoms with Crippen molar-refractivity contribution in [3.8, 4) is 0 Å². The molecule has 76 valence electrons. The van der Waals surface area contributed by atoms with Crippen molar-refractivity contribution in [2.24, 2.45) is 0 Å². The Morgan fingerprint density at radius 1 is 1.57 bits per heavy atom. The maximum atomic E-state index is 11.5. The lowest BCUT2D eigenvalue weighted by Crippen LogP contribution is -2.22. The number of hydrogen-bond acceptors (Lipinski definition) is 3. The summed E-state index contributed by atoms with van der Waals surface area (Å²) in [5.74, 6) is -0.0530. The number of carbonyl (C=O) groups excluding carboxylic acids is 1. The molecular formula is C10H14N2OS. The number of nitrogen functional groups attached to an aromatic ring is 1.